The first-order valence-corrected chi connectivity index (χ1v) is 12.1. The number of ether oxygens (including phenoxy) is 1. The fraction of sp³-hybridized carbons (Fsp3) is 0.407. The zero-order chi connectivity index (χ0) is 26.5. The maximum atomic E-state index is 10.1. The first-order chi connectivity index (χ1) is 16.6. The number of halogens is 1. The third-order valence-corrected chi connectivity index (χ3v) is 5.43. The van der Waals surface area contributed by atoms with E-state index in [1.807, 2.05) is 56.3 Å². The van der Waals surface area contributed by atoms with Gasteiger partial charge in [-0.25, -0.2) is 0 Å². The van der Waals surface area contributed by atoms with Crippen molar-refractivity contribution in [2.24, 2.45) is 16.6 Å². The minimum Gasteiger partial charge on any atom is -0.497 e. The Morgan fingerprint density at radius 1 is 1.20 bits per heavy atom. The third kappa shape index (κ3) is 9.26. The first-order valence-electron chi connectivity index (χ1n) is 11.7. The SMILES string of the molecule is CC(=O)C(C)C.CCCCN.COc1ccc2c(c1)C(c1ccc(Cl)cc1)=NCC(=N)N2C(C)=N. The fourth-order valence-corrected chi connectivity index (χ4v) is 3.05. The first kappa shape index (κ1) is 30.0. The minimum absolute atomic E-state index is 0.200. The van der Waals surface area contributed by atoms with E-state index in [4.69, 9.17) is 32.9 Å². The topological polar surface area (TPSA) is 116 Å². The van der Waals surface area contributed by atoms with Crippen molar-refractivity contribution in [3.8, 4) is 5.75 Å². The van der Waals surface area contributed by atoms with Crippen LogP contribution < -0.4 is 15.4 Å². The highest BCUT2D eigenvalue weighted by Crippen LogP contribution is 2.31. The van der Waals surface area contributed by atoms with E-state index in [1.54, 1.807) is 25.9 Å². The van der Waals surface area contributed by atoms with Crippen LogP contribution in [0.25, 0.3) is 0 Å². The number of methoxy groups -OCH3 is 1. The summed E-state index contributed by atoms with van der Waals surface area (Å²) in [5.74, 6) is 1.71. The van der Waals surface area contributed by atoms with Crippen molar-refractivity contribution in [3.05, 3.63) is 58.6 Å². The largest absolute Gasteiger partial charge is 0.497 e. The molecule has 2 aromatic rings. The monoisotopic (exact) mass is 499 g/mol. The number of anilines is 1. The zero-order valence-electron chi connectivity index (χ0n) is 21.6. The number of unbranched alkanes of at least 4 members (excludes halogenated alkanes) is 1. The van der Waals surface area contributed by atoms with Crippen LogP contribution in [0, 0.1) is 16.7 Å². The highest BCUT2D eigenvalue weighted by atomic mass is 35.5. The molecular weight excluding hydrogens is 462 g/mol. The number of Topliss-reactive ketones (excluding diaryl/α,β-unsaturated/α-hetero) is 1. The molecule has 4 N–H and O–H groups in total. The summed E-state index contributed by atoms with van der Waals surface area (Å²) in [4.78, 5) is 16.4. The molecule has 0 bridgehead atoms. The minimum atomic E-state index is 0.200. The number of aliphatic imine (C=N–C) groups is 1. The smallest absolute Gasteiger partial charge is 0.132 e. The van der Waals surface area contributed by atoms with Crippen molar-refractivity contribution in [1.29, 1.82) is 10.8 Å². The number of carbonyl (C=O) groups excluding carboxylic acids is 1. The van der Waals surface area contributed by atoms with Gasteiger partial charge in [-0.2, -0.15) is 0 Å². The van der Waals surface area contributed by atoms with Gasteiger partial charge in [0, 0.05) is 22.1 Å². The van der Waals surface area contributed by atoms with Crippen LogP contribution in [0.5, 0.6) is 5.75 Å². The van der Waals surface area contributed by atoms with Crippen molar-refractivity contribution >= 4 is 40.5 Å². The number of benzene rings is 2. The van der Waals surface area contributed by atoms with Gasteiger partial charge in [-0.05, 0) is 57.1 Å². The number of ketones is 1. The molecule has 0 amide bonds. The summed E-state index contributed by atoms with van der Waals surface area (Å²) < 4.78 is 5.34. The number of hydrogen-bond acceptors (Lipinski definition) is 6. The van der Waals surface area contributed by atoms with E-state index >= 15 is 0 Å². The second-order valence-corrected chi connectivity index (χ2v) is 8.77. The fourth-order valence-electron chi connectivity index (χ4n) is 2.92. The number of nitrogens with two attached hydrogens (primary N) is 1. The Bertz CT molecular complexity index is 1030. The number of nitrogens with one attached hydrogen (secondary N) is 2. The van der Waals surface area contributed by atoms with Crippen LogP contribution in [0.15, 0.2) is 47.5 Å². The summed E-state index contributed by atoms with van der Waals surface area (Å²) in [6.07, 6.45) is 2.39. The van der Waals surface area contributed by atoms with Crippen molar-refractivity contribution in [2.45, 2.75) is 47.5 Å². The summed E-state index contributed by atoms with van der Waals surface area (Å²) in [5, 5.41) is 16.9. The molecule has 1 aliphatic rings. The van der Waals surface area contributed by atoms with Crippen LogP contribution in [0.4, 0.5) is 5.69 Å². The van der Waals surface area contributed by atoms with Crippen molar-refractivity contribution in [2.75, 3.05) is 25.1 Å². The molecule has 1 aliphatic heterocycles. The summed E-state index contributed by atoms with van der Waals surface area (Å²) in [5.41, 5.74) is 8.38. The summed E-state index contributed by atoms with van der Waals surface area (Å²) in [6, 6.07) is 13.0. The Hall–Kier alpha value is -3.03. The Labute approximate surface area is 214 Å². The predicted octanol–water partition coefficient (Wildman–Crippen LogP) is 5.96. The molecule has 190 valence electrons. The normalized spacial score (nSPS) is 12.3. The second-order valence-electron chi connectivity index (χ2n) is 8.33. The van der Waals surface area contributed by atoms with Crippen LogP contribution in [-0.2, 0) is 4.79 Å². The zero-order valence-corrected chi connectivity index (χ0v) is 22.4. The van der Waals surface area contributed by atoms with Gasteiger partial charge in [0.05, 0.1) is 25.1 Å². The van der Waals surface area contributed by atoms with Gasteiger partial charge in [0.15, 0.2) is 0 Å². The average molecular weight is 500 g/mol. The second kappa shape index (κ2) is 15.1. The molecule has 1 heterocycles. The molecule has 8 heteroatoms. The van der Waals surface area contributed by atoms with E-state index in [0.717, 1.165) is 29.1 Å². The van der Waals surface area contributed by atoms with Gasteiger partial charge in [0.1, 0.15) is 23.2 Å². The number of rotatable bonds is 5. The summed E-state index contributed by atoms with van der Waals surface area (Å²) in [6.45, 7) is 10.2. The van der Waals surface area contributed by atoms with E-state index in [-0.39, 0.29) is 29.9 Å². The molecule has 3 rings (SSSR count). The molecule has 0 atom stereocenters. The number of nitrogens with zero attached hydrogens (tertiary/aromatic N) is 2. The van der Waals surface area contributed by atoms with Gasteiger partial charge < -0.3 is 10.5 Å². The number of fused-ring (bicyclic) bond motifs is 1. The van der Waals surface area contributed by atoms with E-state index < -0.39 is 0 Å². The highest BCUT2D eigenvalue weighted by Gasteiger charge is 2.25. The Kier molecular flexibility index (Phi) is 12.9. The average Bonchev–Trinajstić information content (AvgIpc) is 2.96. The van der Waals surface area contributed by atoms with Crippen molar-refractivity contribution < 1.29 is 9.53 Å². The molecule has 0 spiro atoms. The maximum absolute atomic E-state index is 10.1. The van der Waals surface area contributed by atoms with Gasteiger partial charge in [-0.3, -0.25) is 25.5 Å². The van der Waals surface area contributed by atoms with Crippen molar-refractivity contribution in [1.82, 2.24) is 0 Å². The van der Waals surface area contributed by atoms with Gasteiger partial charge in [0.25, 0.3) is 0 Å². The van der Waals surface area contributed by atoms with Crippen molar-refractivity contribution in [3.63, 3.8) is 0 Å². The quantitative estimate of drug-likeness (QED) is 0.347. The maximum Gasteiger partial charge on any atom is 0.132 e. The van der Waals surface area contributed by atoms with Crippen LogP contribution in [0.1, 0.15) is 58.6 Å². The third-order valence-electron chi connectivity index (χ3n) is 5.18. The lowest BCUT2D eigenvalue weighted by Crippen LogP contribution is -2.35. The Balaban J connectivity index is 0.000000467. The summed E-state index contributed by atoms with van der Waals surface area (Å²) >= 11 is 5.99. The Morgan fingerprint density at radius 2 is 1.80 bits per heavy atom. The van der Waals surface area contributed by atoms with E-state index in [9.17, 15) is 4.79 Å². The van der Waals surface area contributed by atoms with Crippen LogP contribution in [0.2, 0.25) is 5.02 Å². The lowest BCUT2D eigenvalue weighted by molar-refractivity contribution is -0.119. The Morgan fingerprint density at radius 3 is 2.23 bits per heavy atom. The molecule has 0 unspecified atom stereocenters. The number of amidine groups is 2. The molecule has 0 aliphatic carbocycles. The predicted molar refractivity (Wildman–Crippen MR) is 148 cm³/mol. The van der Waals surface area contributed by atoms with Crippen LogP contribution >= 0.6 is 11.6 Å². The molecule has 0 aromatic heterocycles. The lowest BCUT2D eigenvalue weighted by atomic mass is 9.99. The molecule has 0 radical (unpaired) electrons. The van der Waals surface area contributed by atoms with Gasteiger partial charge >= 0.3 is 0 Å². The molecule has 0 fully saturated rings. The molecule has 0 saturated carbocycles. The van der Waals surface area contributed by atoms with E-state index in [2.05, 4.69) is 11.9 Å². The molecule has 7 nitrogen and oxygen atoms in total. The molecular formula is C27H38ClN5O2. The highest BCUT2D eigenvalue weighted by molar-refractivity contribution is 6.31. The molecule has 35 heavy (non-hydrogen) atoms. The van der Waals surface area contributed by atoms with Gasteiger partial charge in [-0.1, -0.05) is 50.9 Å². The summed E-state index contributed by atoms with van der Waals surface area (Å²) in [7, 11) is 1.61. The number of hydrogen-bond donors (Lipinski definition) is 3. The standard InChI is InChI=1S/C18H17ClN4O.C5H10O.C4H11N/c1-11(20)23-16-8-7-14(24-2)9-15(16)18(22-10-17(23)21)12-3-5-13(19)6-4-12;1-4(2)5(3)6;1-2-3-4-5/h3-9,20-21H,10H2,1-2H3;4H,1-3H3;2-5H2,1H3. The number of benzodiazepines with no additional fused rings is 1. The molecule has 0 saturated heterocycles. The van der Waals surface area contributed by atoms with Crippen LogP contribution in [0.3, 0.4) is 0 Å². The molecule has 2 aromatic carbocycles. The van der Waals surface area contributed by atoms with Gasteiger partial charge in [-0.15, -0.1) is 0 Å². The van der Waals surface area contributed by atoms with Gasteiger partial charge in [0.2, 0.25) is 0 Å². The van der Waals surface area contributed by atoms with Crippen LogP contribution in [-0.4, -0.2) is 43.4 Å². The lowest BCUT2D eigenvalue weighted by Gasteiger charge is -2.24. The number of carbonyl (C=O) groups is 1. The van der Waals surface area contributed by atoms with E-state index in [1.165, 1.54) is 12.8 Å². The van der Waals surface area contributed by atoms with E-state index in [0.29, 0.717) is 10.8 Å².